The van der Waals surface area contributed by atoms with E-state index >= 15 is 0 Å². The van der Waals surface area contributed by atoms with Crippen LogP contribution in [0.1, 0.15) is 66.9 Å². The molecule has 0 aromatic heterocycles. The molecule has 0 atom stereocenters. The van der Waals surface area contributed by atoms with Crippen molar-refractivity contribution >= 4 is 57.6 Å². The molecule has 2 aromatic carbocycles. The molecule has 0 fully saturated rings. The van der Waals surface area contributed by atoms with Gasteiger partial charge in [0, 0.05) is 5.57 Å². The van der Waals surface area contributed by atoms with E-state index < -0.39 is 30.7 Å². The van der Waals surface area contributed by atoms with Gasteiger partial charge in [-0.1, -0.05) is 78.0 Å². The van der Waals surface area contributed by atoms with E-state index in [9.17, 15) is 28.0 Å². The zero-order valence-corrected chi connectivity index (χ0v) is 29.6. The number of aliphatic carboxylic acids is 1. The van der Waals surface area contributed by atoms with Crippen molar-refractivity contribution in [1.29, 1.82) is 0 Å². The largest absolute Gasteiger partial charge is 0.488 e. The van der Waals surface area contributed by atoms with Crippen LogP contribution in [-0.2, 0) is 23.9 Å². The fraction of sp³-hybridized carbons (Fsp3) is 0.333. The van der Waals surface area contributed by atoms with Gasteiger partial charge in [-0.05, 0) is 93.0 Å². The second-order valence-corrected chi connectivity index (χ2v) is 13.7. The van der Waals surface area contributed by atoms with Crippen LogP contribution in [0.4, 0.5) is 8.78 Å². The van der Waals surface area contributed by atoms with E-state index in [1.165, 1.54) is 54.6 Å². The van der Waals surface area contributed by atoms with E-state index in [-0.39, 0.29) is 40.2 Å². The number of Topliss-reactive ketones (excluding diaryl/α,β-unsaturated/α-hetero) is 2. The predicted octanol–water partition coefficient (Wildman–Crippen LogP) is 6.26. The van der Waals surface area contributed by atoms with Crippen molar-refractivity contribution in [3.8, 4) is 0 Å². The molecule has 0 amide bonds. The highest BCUT2D eigenvalue weighted by Crippen LogP contribution is 2.40. The highest BCUT2D eigenvalue weighted by atomic mass is 79.9. The van der Waals surface area contributed by atoms with Crippen LogP contribution in [0.25, 0.3) is 5.57 Å². The number of allylic oxidation sites excluding steroid dienone is 6. The van der Waals surface area contributed by atoms with Crippen LogP contribution in [0.15, 0.2) is 87.5 Å². The van der Waals surface area contributed by atoms with Gasteiger partial charge in [0.1, 0.15) is 22.8 Å². The Hall–Kier alpha value is -4.00. The van der Waals surface area contributed by atoms with Crippen LogP contribution < -0.4 is 5.46 Å². The predicted molar refractivity (Wildman–Crippen MR) is 184 cm³/mol. The maximum atomic E-state index is 13.1. The lowest BCUT2D eigenvalue weighted by Gasteiger charge is -2.28. The summed E-state index contributed by atoms with van der Waals surface area (Å²) in [7, 11) is -1.51. The molecule has 0 saturated carbocycles. The number of hydrogen-bond donors (Lipinski definition) is 3. The fourth-order valence-electron chi connectivity index (χ4n) is 4.76. The summed E-state index contributed by atoms with van der Waals surface area (Å²) in [5.74, 6) is -3.33. The van der Waals surface area contributed by atoms with Crippen molar-refractivity contribution in [1.82, 2.24) is 0 Å². The van der Waals surface area contributed by atoms with Crippen LogP contribution in [-0.4, -0.2) is 52.4 Å². The molecule has 0 spiro atoms. The number of carboxylic acids is 1. The topological polar surface area (TPSA) is 138 Å². The Morgan fingerprint density at radius 1 is 0.792 bits per heavy atom. The number of carbonyl (C=O) groups excluding carboxylic acids is 3. The Labute approximate surface area is 288 Å². The maximum absolute atomic E-state index is 13.1. The SMILES string of the molecule is CC(C)(C)C1=C(c2ccc(F)cc2)C(=O)C(C(=O)O)=CC1.CCOC(=O)C1=CCC(C(C)(C)C)=C(Br)C1=O.OB(O)c1ccc(F)cc1. The second-order valence-electron chi connectivity index (χ2n) is 12.9. The van der Waals surface area contributed by atoms with Crippen LogP contribution in [0.3, 0.4) is 0 Å². The molecule has 0 aliphatic heterocycles. The number of hydrogen-bond acceptors (Lipinski definition) is 7. The molecule has 2 aliphatic rings. The van der Waals surface area contributed by atoms with E-state index in [1.54, 1.807) is 13.0 Å². The Kier molecular flexibility index (Phi) is 14.1. The third-order valence-corrected chi connectivity index (χ3v) is 8.18. The minimum Gasteiger partial charge on any atom is -0.478 e. The Morgan fingerprint density at radius 3 is 1.69 bits per heavy atom. The quantitative estimate of drug-likeness (QED) is 0.187. The highest BCUT2D eigenvalue weighted by molar-refractivity contribution is 9.12. The van der Waals surface area contributed by atoms with Gasteiger partial charge in [-0.15, -0.1) is 0 Å². The Bertz CT molecular complexity index is 1660. The molecular formula is C36H40BBrF2O8. The summed E-state index contributed by atoms with van der Waals surface area (Å²) in [5.41, 5.74) is 2.64. The maximum Gasteiger partial charge on any atom is 0.488 e. The summed E-state index contributed by atoms with van der Waals surface area (Å²) >= 11 is 3.30. The zero-order valence-electron chi connectivity index (χ0n) is 28.0. The lowest BCUT2D eigenvalue weighted by Crippen LogP contribution is -2.29. The van der Waals surface area contributed by atoms with Gasteiger partial charge < -0.3 is 19.9 Å². The minimum atomic E-state index is -1.51. The van der Waals surface area contributed by atoms with E-state index in [1.807, 2.05) is 41.5 Å². The van der Waals surface area contributed by atoms with Gasteiger partial charge in [0.05, 0.1) is 11.1 Å². The Morgan fingerprint density at radius 2 is 1.25 bits per heavy atom. The van der Waals surface area contributed by atoms with Crippen molar-refractivity contribution < 1.29 is 47.9 Å². The van der Waals surface area contributed by atoms with Gasteiger partial charge in [0.25, 0.3) is 0 Å². The molecule has 2 aromatic rings. The van der Waals surface area contributed by atoms with Gasteiger partial charge in [-0.25, -0.2) is 18.4 Å². The van der Waals surface area contributed by atoms with Crippen molar-refractivity contribution in [3.63, 3.8) is 0 Å². The van der Waals surface area contributed by atoms with Crippen molar-refractivity contribution in [2.45, 2.75) is 61.3 Å². The van der Waals surface area contributed by atoms with Crippen molar-refractivity contribution in [3.05, 3.63) is 105 Å². The number of ketones is 2. The summed E-state index contributed by atoms with van der Waals surface area (Å²) in [6.45, 7) is 14.0. The van der Waals surface area contributed by atoms with Crippen LogP contribution in [0.5, 0.6) is 0 Å². The molecule has 48 heavy (non-hydrogen) atoms. The number of carboxylic acid groups (broad SMARTS) is 1. The molecular weight excluding hydrogens is 689 g/mol. The summed E-state index contributed by atoms with van der Waals surface area (Å²) in [6.07, 6.45) is 4.12. The van der Waals surface area contributed by atoms with Gasteiger partial charge in [-0.2, -0.15) is 0 Å². The zero-order chi connectivity index (χ0) is 36.6. The molecule has 256 valence electrons. The second kappa shape index (κ2) is 16.9. The molecule has 0 unspecified atom stereocenters. The summed E-state index contributed by atoms with van der Waals surface area (Å²) in [6, 6.07) is 10.6. The average Bonchev–Trinajstić information content (AvgIpc) is 2.98. The number of benzene rings is 2. The first kappa shape index (κ1) is 40.2. The molecule has 0 bridgehead atoms. The molecule has 2 aliphatic carbocycles. The lowest BCUT2D eigenvalue weighted by atomic mass is 9.75. The van der Waals surface area contributed by atoms with E-state index in [4.69, 9.17) is 19.9 Å². The van der Waals surface area contributed by atoms with Crippen LogP contribution in [0.2, 0.25) is 0 Å². The number of halogens is 3. The molecule has 0 radical (unpaired) electrons. The number of rotatable bonds is 5. The smallest absolute Gasteiger partial charge is 0.478 e. The standard InChI is InChI=1S/C17H17FO3.C13H17BrO3.C6H6BFO2/c1-17(2,3)13-9-8-12(16(20)21)15(19)14(13)10-4-6-11(18)7-5-10;1-5-17-12(16)8-6-7-9(13(2,3)4)10(14)11(8)15;8-6-3-1-5(2-4-6)7(9)10/h4-8H,9H2,1-3H3,(H,20,21);6H,5,7H2,1-4H3;1-4,9-10H. The first-order valence-corrected chi connectivity index (χ1v) is 15.9. The van der Waals surface area contributed by atoms with E-state index in [0.29, 0.717) is 33.9 Å². The molecule has 8 nitrogen and oxygen atoms in total. The van der Waals surface area contributed by atoms with Gasteiger partial charge in [-0.3, -0.25) is 9.59 Å². The molecule has 12 heteroatoms. The summed E-state index contributed by atoms with van der Waals surface area (Å²) < 4.78 is 30.6. The number of carbonyl (C=O) groups is 4. The molecule has 0 saturated heterocycles. The first-order valence-electron chi connectivity index (χ1n) is 15.1. The van der Waals surface area contributed by atoms with Crippen LogP contribution in [0, 0.1) is 22.5 Å². The first-order chi connectivity index (χ1) is 22.2. The van der Waals surface area contributed by atoms with E-state index in [0.717, 1.165) is 11.1 Å². The monoisotopic (exact) mass is 728 g/mol. The highest BCUT2D eigenvalue weighted by Gasteiger charge is 2.33. The number of ether oxygens (including phenoxy) is 1. The fourth-order valence-corrected chi connectivity index (χ4v) is 5.73. The third-order valence-electron chi connectivity index (χ3n) is 7.34. The van der Waals surface area contributed by atoms with Crippen LogP contribution >= 0.6 is 15.9 Å². The van der Waals surface area contributed by atoms with E-state index in [2.05, 4.69) is 15.9 Å². The van der Waals surface area contributed by atoms with Gasteiger partial charge in [0.2, 0.25) is 11.6 Å². The average molecular weight is 729 g/mol. The van der Waals surface area contributed by atoms with Crippen molar-refractivity contribution in [2.75, 3.05) is 6.61 Å². The lowest BCUT2D eigenvalue weighted by molar-refractivity contribution is -0.140. The third kappa shape index (κ3) is 10.8. The van der Waals surface area contributed by atoms with Gasteiger partial charge in [0.15, 0.2) is 0 Å². The summed E-state index contributed by atoms with van der Waals surface area (Å²) in [4.78, 5) is 47.3. The number of esters is 1. The normalized spacial score (nSPS) is 15.0. The molecule has 0 heterocycles. The van der Waals surface area contributed by atoms with Gasteiger partial charge >= 0.3 is 19.1 Å². The minimum absolute atomic E-state index is 0.0921. The molecule has 3 N–H and O–H groups in total. The van der Waals surface area contributed by atoms with Crippen molar-refractivity contribution in [2.24, 2.45) is 10.8 Å². The Balaban J connectivity index is 0.000000266. The summed E-state index contributed by atoms with van der Waals surface area (Å²) in [5, 5.41) is 26.2. The molecule has 4 rings (SSSR count).